The summed E-state index contributed by atoms with van der Waals surface area (Å²) in [5, 5.41) is 0. The standard InChI is InChI=1S/C18H15NO/c1-3-7-16(8-4-1)18(17-9-5-2-6-10-17)19-13-15-11-12-20-14-15/h1-14,18H. The van der Waals surface area contributed by atoms with Gasteiger partial charge < -0.3 is 4.42 Å². The summed E-state index contributed by atoms with van der Waals surface area (Å²) in [6.07, 6.45) is 5.20. The van der Waals surface area contributed by atoms with Crippen LogP contribution in [0.25, 0.3) is 0 Å². The molecule has 0 bridgehead atoms. The SMILES string of the molecule is C(=NC(c1ccccc1)c1ccccc1)c1ccoc1. The van der Waals surface area contributed by atoms with Gasteiger partial charge in [-0.2, -0.15) is 0 Å². The largest absolute Gasteiger partial charge is 0.472 e. The zero-order chi connectivity index (χ0) is 13.6. The van der Waals surface area contributed by atoms with E-state index >= 15 is 0 Å². The maximum atomic E-state index is 5.07. The molecular formula is C18H15NO. The summed E-state index contributed by atoms with van der Waals surface area (Å²) in [6, 6.07) is 22.5. The van der Waals surface area contributed by atoms with E-state index in [2.05, 4.69) is 24.3 Å². The Hall–Kier alpha value is -2.61. The summed E-state index contributed by atoms with van der Waals surface area (Å²) in [6.45, 7) is 0. The lowest BCUT2D eigenvalue weighted by molar-refractivity contribution is 0.567. The molecule has 0 N–H and O–H groups in total. The highest BCUT2D eigenvalue weighted by molar-refractivity contribution is 5.79. The van der Waals surface area contributed by atoms with E-state index in [1.54, 1.807) is 12.5 Å². The molecule has 1 heterocycles. The van der Waals surface area contributed by atoms with E-state index in [-0.39, 0.29) is 6.04 Å². The lowest BCUT2D eigenvalue weighted by Gasteiger charge is -2.13. The fraction of sp³-hybridized carbons (Fsp3) is 0.0556. The molecule has 98 valence electrons. The second-order valence-electron chi connectivity index (χ2n) is 4.56. The number of hydrogen-bond donors (Lipinski definition) is 0. The maximum Gasteiger partial charge on any atom is 0.0999 e. The Labute approximate surface area is 118 Å². The van der Waals surface area contributed by atoms with E-state index in [1.165, 1.54) is 11.1 Å². The number of hydrogen-bond acceptors (Lipinski definition) is 2. The molecule has 0 aliphatic rings. The zero-order valence-corrected chi connectivity index (χ0v) is 11.0. The van der Waals surface area contributed by atoms with E-state index in [0.717, 1.165) is 5.56 Å². The molecule has 0 saturated carbocycles. The molecule has 1 aromatic heterocycles. The Kier molecular flexibility index (Phi) is 3.74. The van der Waals surface area contributed by atoms with Gasteiger partial charge in [-0.25, -0.2) is 0 Å². The highest BCUT2D eigenvalue weighted by atomic mass is 16.3. The van der Waals surface area contributed by atoms with Gasteiger partial charge in [0.25, 0.3) is 0 Å². The molecule has 0 amide bonds. The van der Waals surface area contributed by atoms with Crippen molar-refractivity contribution in [1.82, 2.24) is 0 Å². The third-order valence-corrected chi connectivity index (χ3v) is 3.15. The molecular weight excluding hydrogens is 246 g/mol. The first-order chi connectivity index (χ1) is 9.93. The molecule has 3 rings (SSSR count). The van der Waals surface area contributed by atoms with Crippen LogP contribution in [0.1, 0.15) is 22.7 Å². The van der Waals surface area contributed by atoms with E-state index in [1.807, 2.05) is 48.7 Å². The predicted octanol–water partition coefficient (Wildman–Crippen LogP) is 4.49. The molecule has 0 aliphatic heterocycles. The lowest BCUT2D eigenvalue weighted by Crippen LogP contribution is -1.98. The summed E-state index contributed by atoms with van der Waals surface area (Å²) in [5.74, 6) is 0. The fourth-order valence-electron chi connectivity index (χ4n) is 2.14. The molecule has 0 atom stereocenters. The lowest BCUT2D eigenvalue weighted by atomic mass is 9.99. The van der Waals surface area contributed by atoms with E-state index in [9.17, 15) is 0 Å². The maximum absolute atomic E-state index is 5.07. The molecule has 0 unspecified atom stereocenters. The van der Waals surface area contributed by atoms with Gasteiger partial charge in [0.05, 0.1) is 18.6 Å². The molecule has 0 radical (unpaired) electrons. The van der Waals surface area contributed by atoms with Gasteiger partial charge in [0.1, 0.15) is 0 Å². The van der Waals surface area contributed by atoms with Crippen LogP contribution in [-0.2, 0) is 0 Å². The topological polar surface area (TPSA) is 25.5 Å². The highest BCUT2D eigenvalue weighted by Crippen LogP contribution is 2.25. The molecule has 3 aromatic rings. The molecule has 0 spiro atoms. The Morgan fingerprint density at radius 3 is 1.90 bits per heavy atom. The van der Waals surface area contributed by atoms with Crippen molar-refractivity contribution in [3.8, 4) is 0 Å². The summed E-state index contributed by atoms with van der Waals surface area (Å²) in [5.41, 5.74) is 3.33. The van der Waals surface area contributed by atoms with Crippen LogP contribution < -0.4 is 0 Å². The van der Waals surface area contributed by atoms with Crippen LogP contribution in [-0.4, -0.2) is 6.21 Å². The number of rotatable bonds is 4. The van der Waals surface area contributed by atoms with Crippen LogP contribution in [0.2, 0.25) is 0 Å². The minimum atomic E-state index is 0.00676. The van der Waals surface area contributed by atoms with Gasteiger partial charge in [-0.1, -0.05) is 60.7 Å². The van der Waals surface area contributed by atoms with Crippen molar-refractivity contribution in [1.29, 1.82) is 0 Å². The fourth-order valence-corrected chi connectivity index (χ4v) is 2.14. The number of benzene rings is 2. The predicted molar refractivity (Wildman–Crippen MR) is 81.0 cm³/mol. The molecule has 2 aromatic carbocycles. The van der Waals surface area contributed by atoms with Gasteiger partial charge in [-0.3, -0.25) is 4.99 Å². The van der Waals surface area contributed by atoms with Crippen molar-refractivity contribution in [3.63, 3.8) is 0 Å². The Bertz CT molecular complexity index is 618. The van der Waals surface area contributed by atoms with Crippen LogP contribution >= 0.6 is 0 Å². The van der Waals surface area contributed by atoms with Gasteiger partial charge >= 0.3 is 0 Å². The quantitative estimate of drug-likeness (QED) is 0.635. The third-order valence-electron chi connectivity index (χ3n) is 3.15. The first-order valence-corrected chi connectivity index (χ1v) is 6.59. The monoisotopic (exact) mass is 261 g/mol. The minimum absolute atomic E-state index is 0.00676. The van der Waals surface area contributed by atoms with Gasteiger partial charge in [-0.05, 0) is 17.2 Å². The van der Waals surface area contributed by atoms with E-state index < -0.39 is 0 Å². The summed E-state index contributed by atoms with van der Waals surface area (Å²) < 4.78 is 5.07. The highest BCUT2D eigenvalue weighted by Gasteiger charge is 2.11. The van der Waals surface area contributed by atoms with Crippen LogP contribution in [0, 0.1) is 0 Å². The van der Waals surface area contributed by atoms with Crippen molar-refractivity contribution in [3.05, 3.63) is 95.9 Å². The molecule has 2 nitrogen and oxygen atoms in total. The normalized spacial score (nSPS) is 11.2. The first kappa shape index (κ1) is 12.4. The summed E-state index contributed by atoms with van der Waals surface area (Å²) >= 11 is 0. The molecule has 0 aliphatic carbocycles. The second kappa shape index (κ2) is 6.02. The molecule has 2 heteroatoms. The van der Waals surface area contributed by atoms with E-state index in [4.69, 9.17) is 9.41 Å². The number of nitrogens with zero attached hydrogens (tertiary/aromatic N) is 1. The summed E-state index contributed by atoms with van der Waals surface area (Å²) in [7, 11) is 0. The first-order valence-electron chi connectivity index (χ1n) is 6.59. The number of furan rings is 1. The van der Waals surface area contributed by atoms with E-state index in [0.29, 0.717) is 0 Å². The molecule has 20 heavy (non-hydrogen) atoms. The minimum Gasteiger partial charge on any atom is -0.472 e. The summed E-state index contributed by atoms with van der Waals surface area (Å²) in [4.78, 5) is 4.72. The Morgan fingerprint density at radius 2 is 1.40 bits per heavy atom. The van der Waals surface area contributed by atoms with Gasteiger partial charge in [0, 0.05) is 11.8 Å². The van der Waals surface area contributed by atoms with Crippen molar-refractivity contribution in [2.45, 2.75) is 6.04 Å². The average molecular weight is 261 g/mol. The Morgan fingerprint density at radius 1 is 0.800 bits per heavy atom. The molecule has 0 saturated heterocycles. The van der Waals surface area contributed by atoms with Crippen molar-refractivity contribution < 1.29 is 4.42 Å². The number of aliphatic imine (C=N–C) groups is 1. The van der Waals surface area contributed by atoms with Crippen LogP contribution in [0.4, 0.5) is 0 Å². The van der Waals surface area contributed by atoms with Crippen molar-refractivity contribution >= 4 is 6.21 Å². The second-order valence-corrected chi connectivity index (χ2v) is 4.56. The molecule has 0 fully saturated rings. The van der Waals surface area contributed by atoms with Crippen LogP contribution in [0.15, 0.2) is 88.7 Å². The Balaban J connectivity index is 1.96. The van der Waals surface area contributed by atoms with Crippen molar-refractivity contribution in [2.75, 3.05) is 0 Å². The zero-order valence-electron chi connectivity index (χ0n) is 11.0. The van der Waals surface area contributed by atoms with Crippen LogP contribution in [0.3, 0.4) is 0 Å². The van der Waals surface area contributed by atoms with Gasteiger partial charge in [0.2, 0.25) is 0 Å². The average Bonchev–Trinajstić information content (AvgIpc) is 3.03. The smallest absolute Gasteiger partial charge is 0.0999 e. The van der Waals surface area contributed by atoms with Gasteiger partial charge in [-0.15, -0.1) is 0 Å². The van der Waals surface area contributed by atoms with Gasteiger partial charge in [0.15, 0.2) is 0 Å². The third kappa shape index (κ3) is 2.86. The van der Waals surface area contributed by atoms with Crippen molar-refractivity contribution in [2.24, 2.45) is 4.99 Å². The van der Waals surface area contributed by atoms with Crippen LogP contribution in [0.5, 0.6) is 0 Å².